The van der Waals surface area contributed by atoms with Crippen molar-refractivity contribution in [2.45, 2.75) is 20.3 Å². The van der Waals surface area contributed by atoms with Gasteiger partial charge in [-0.2, -0.15) is 0 Å². The molecule has 0 aliphatic heterocycles. The lowest BCUT2D eigenvalue weighted by molar-refractivity contribution is 0.368. The monoisotopic (exact) mass is 362 g/mol. The fourth-order valence-corrected chi connectivity index (χ4v) is 2.63. The zero-order chi connectivity index (χ0) is 19.2. The van der Waals surface area contributed by atoms with Gasteiger partial charge in [-0.05, 0) is 24.6 Å². The minimum absolute atomic E-state index is 0.895. The average Bonchev–Trinajstić information content (AvgIpc) is 2.62. The van der Waals surface area contributed by atoms with Crippen LogP contribution in [0.1, 0.15) is 18.2 Å². The molecule has 0 amide bonds. The van der Waals surface area contributed by atoms with Gasteiger partial charge in [0.15, 0.2) is 0 Å². The summed E-state index contributed by atoms with van der Waals surface area (Å²) in [7, 11) is -6.00. The van der Waals surface area contributed by atoms with Crippen molar-refractivity contribution < 1.29 is 21.7 Å². The first kappa shape index (κ1) is 19.7. The van der Waals surface area contributed by atoms with Gasteiger partial charge in [-0.15, -0.1) is 0 Å². The molecule has 0 N–H and O–H groups in total. The zero-order valence-electron chi connectivity index (χ0n) is 14.6. The van der Waals surface area contributed by atoms with Gasteiger partial charge in [0.1, 0.15) is 0 Å². The van der Waals surface area contributed by atoms with Crippen molar-refractivity contribution >= 4 is 7.25 Å². The van der Waals surface area contributed by atoms with Crippen LogP contribution in [0, 0.1) is 6.92 Å². The summed E-state index contributed by atoms with van der Waals surface area (Å²) >= 11 is 0. The number of hydrogen-bond acceptors (Lipinski definition) is 0. The quantitative estimate of drug-likeness (QED) is 0.276. The fourth-order valence-electron chi connectivity index (χ4n) is 2.63. The molecule has 1 heterocycles. The predicted molar refractivity (Wildman–Crippen MR) is 98.3 cm³/mol. The highest BCUT2D eigenvalue weighted by atomic mass is 19.5. The number of aryl methyl sites for hydroxylation is 1. The number of rotatable bonds is 3. The zero-order valence-corrected chi connectivity index (χ0v) is 14.6. The van der Waals surface area contributed by atoms with E-state index in [1.54, 1.807) is 0 Å². The Bertz CT molecular complexity index is 828. The molecule has 0 spiro atoms. The molecule has 0 fully saturated rings. The van der Waals surface area contributed by atoms with Crippen LogP contribution in [0.4, 0.5) is 17.3 Å². The van der Waals surface area contributed by atoms with E-state index in [1.807, 2.05) is 24.3 Å². The standard InChI is InChI=1S/C20H19O.BF4/c1-3-19-15(2)18(16-10-6-4-7-11-16)14-20(21-19)17-12-8-5-9-13-17;2-1(3,4)5/h4-14H,3H2,1-2H3;/q+1;-1. The van der Waals surface area contributed by atoms with Crippen molar-refractivity contribution in [3.63, 3.8) is 0 Å². The summed E-state index contributed by atoms with van der Waals surface area (Å²) in [5, 5.41) is 0. The maximum atomic E-state index is 9.75. The molecule has 1 nitrogen and oxygen atoms in total. The lowest BCUT2D eigenvalue weighted by atomic mass is 9.98. The second-order valence-electron chi connectivity index (χ2n) is 5.65. The van der Waals surface area contributed by atoms with Gasteiger partial charge in [0.25, 0.3) is 0 Å². The second kappa shape index (κ2) is 8.65. The molecular weight excluding hydrogens is 343 g/mol. The van der Waals surface area contributed by atoms with E-state index in [1.165, 1.54) is 16.7 Å². The Morgan fingerprint density at radius 3 is 1.73 bits per heavy atom. The van der Waals surface area contributed by atoms with Crippen molar-refractivity contribution in [1.82, 2.24) is 0 Å². The second-order valence-corrected chi connectivity index (χ2v) is 5.65. The molecule has 3 aromatic rings. The molecule has 6 heteroatoms. The van der Waals surface area contributed by atoms with Crippen LogP contribution < -0.4 is 0 Å². The summed E-state index contributed by atoms with van der Waals surface area (Å²) < 4.78 is 45.1. The highest BCUT2D eigenvalue weighted by molar-refractivity contribution is 6.50. The normalized spacial score (nSPS) is 10.8. The minimum Gasteiger partial charge on any atom is -0.418 e. The summed E-state index contributed by atoms with van der Waals surface area (Å²) in [6.07, 6.45) is 0.895. The third kappa shape index (κ3) is 5.72. The topological polar surface area (TPSA) is 11.3 Å². The first-order valence-corrected chi connectivity index (χ1v) is 8.24. The van der Waals surface area contributed by atoms with Crippen molar-refractivity contribution in [2.75, 3.05) is 0 Å². The van der Waals surface area contributed by atoms with E-state index >= 15 is 0 Å². The summed E-state index contributed by atoms with van der Waals surface area (Å²) in [6, 6.07) is 22.9. The van der Waals surface area contributed by atoms with Crippen molar-refractivity contribution in [3.05, 3.63) is 78.1 Å². The van der Waals surface area contributed by atoms with Crippen LogP contribution in [0.25, 0.3) is 22.5 Å². The third-order valence-corrected chi connectivity index (χ3v) is 3.80. The minimum atomic E-state index is -6.00. The van der Waals surface area contributed by atoms with Crippen LogP contribution >= 0.6 is 0 Å². The van der Waals surface area contributed by atoms with Gasteiger partial charge in [-0.1, -0.05) is 55.5 Å². The Labute approximate surface area is 150 Å². The summed E-state index contributed by atoms with van der Waals surface area (Å²) in [4.78, 5) is 0. The number of benzene rings is 2. The molecule has 1 aromatic heterocycles. The molecule has 0 atom stereocenters. The fraction of sp³-hybridized carbons (Fsp3) is 0.150. The molecule has 0 aliphatic carbocycles. The van der Waals surface area contributed by atoms with E-state index < -0.39 is 7.25 Å². The van der Waals surface area contributed by atoms with E-state index in [-0.39, 0.29) is 0 Å². The Hall–Kier alpha value is -2.63. The van der Waals surface area contributed by atoms with Gasteiger partial charge < -0.3 is 17.3 Å². The number of hydrogen-bond donors (Lipinski definition) is 0. The lowest BCUT2D eigenvalue weighted by Gasteiger charge is -2.05. The average molecular weight is 362 g/mol. The van der Waals surface area contributed by atoms with Gasteiger partial charge in [0.2, 0.25) is 0 Å². The van der Waals surface area contributed by atoms with Crippen LogP contribution in [-0.4, -0.2) is 7.25 Å². The Balaban J connectivity index is 0.000000431. The van der Waals surface area contributed by atoms with Crippen molar-refractivity contribution in [1.29, 1.82) is 0 Å². The van der Waals surface area contributed by atoms with Gasteiger partial charge in [-0.3, -0.25) is 0 Å². The van der Waals surface area contributed by atoms with Gasteiger partial charge in [0, 0.05) is 5.56 Å². The molecular formula is C20H19BF4O. The van der Waals surface area contributed by atoms with Crippen molar-refractivity contribution in [3.8, 4) is 22.5 Å². The molecule has 136 valence electrons. The molecule has 0 saturated heterocycles. The highest BCUT2D eigenvalue weighted by Crippen LogP contribution is 2.32. The Kier molecular flexibility index (Phi) is 6.55. The molecule has 0 saturated carbocycles. The Morgan fingerprint density at radius 2 is 1.27 bits per heavy atom. The third-order valence-electron chi connectivity index (χ3n) is 3.80. The van der Waals surface area contributed by atoms with E-state index in [0.717, 1.165) is 23.5 Å². The highest BCUT2D eigenvalue weighted by Gasteiger charge is 2.22. The largest absolute Gasteiger partial charge is 0.673 e. The SMILES string of the molecule is CCc1[o+]c(-c2ccccc2)cc(-c2ccccc2)c1C.F[B-](F)(F)F. The van der Waals surface area contributed by atoms with E-state index in [2.05, 4.69) is 56.3 Å². The smallest absolute Gasteiger partial charge is 0.418 e. The summed E-state index contributed by atoms with van der Waals surface area (Å²) in [5.74, 6) is 1.98. The van der Waals surface area contributed by atoms with E-state index in [9.17, 15) is 17.3 Å². The molecule has 26 heavy (non-hydrogen) atoms. The predicted octanol–water partition coefficient (Wildman–Crippen LogP) is 7.07. The van der Waals surface area contributed by atoms with Crippen LogP contribution in [0.15, 0.2) is 71.1 Å². The molecule has 0 aliphatic rings. The molecule has 0 radical (unpaired) electrons. The summed E-state index contributed by atoms with van der Waals surface area (Å²) in [5.41, 5.74) is 4.82. The van der Waals surface area contributed by atoms with E-state index in [0.29, 0.717) is 0 Å². The molecule has 0 bridgehead atoms. The molecule has 3 rings (SSSR count). The van der Waals surface area contributed by atoms with Gasteiger partial charge in [-0.25, -0.2) is 4.42 Å². The van der Waals surface area contributed by atoms with Crippen LogP contribution in [0.5, 0.6) is 0 Å². The maximum absolute atomic E-state index is 9.75. The van der Waals surface area contributed by atoms with Crippen LogP contribution in [0.3, 0.4) is 0 Å². The molecule has 0 unspecified atom stereocenters. The van der Waals surface area contributed by atoms with Gasteiger partial charge >= 0.3 is 18.8 Å². The van der Waals surface area contributed by atoms with Crippen molar-refractivity contribution in [2.24, 2.45) is 0 Å². The lowest BCUT2D eigenvalue weighted by Crippen LogP contribution is -2.02. The Morgan fingerprint density at radius 1 is 0.808 bits per heavy atom. The first-order valence-electron chi connectivity index (χ1n) is 8.24. The van der Waals surface area contributed by atoms with E-state index in [4.69, 9.17) is 4.42 Å². The van der Waals surface area contributed by atoms with Gasteiger partial charge in [0.05, 0.1) is 23.6 Å². The number of halogens is 4. The van der Waals surface area contributed by atoms with Crippen LogP contribution in [-0.2, 0) is 6.42 Å². The maximum Gasteiger partial charge on any atom is 0.673 e. The first-order chi connectivity index (χ1) is 12.3. The summed E-state index contributed by atoms with van der Waals surface area (Å²) in [6.45, 7) is 4.27. The van der Waals surface area contributed by atoms with Crippen LogP contribution in [0.2, 0.25) is 0 Å². The molecule has 2 aromatic carbocycles.